The van der Waals surface area contributed by atoms with Crippen molar-refractivity contribution in [1.82, 2.24) is 24.1 Å². The van der Waals surface area contributed by atoms with Crippen LogP contribution in [0.5, 0.6) is 0 Å². The van der Waals surface area contributed by atoms with E-state index in [0.29, 0.717) is 87.0 Å². The highest BCUT2D eigenvalue weighted by Gasteiger charge is 2.27. The number of hydrogen-bond donors (Lipinski definition) is 1. The highest BCUT2D eigenvalue weighted by molar-refractivity contribution is 6.36. The standard InChI is InChI=1S/C25H28Cl2N6O3/c26-18-1-2-19(21(27)12-18)20-15-33-22(14-29-23(33)11-17(20)13-28)25(35)32-5-3-30(4-6-32)16-24(34)31-7-9-36-10-8-31/h1-2,11-12,14-15H,3-10,13,16,28H2. The fourth-order valence-electron chi connectivity index (χ4n) is 4.72. The summed E-state index contributed by atoms with van der Waals surface area (Å²) < 4.78 is 7.11. The van der Waals surface area contributed by atoms with E-state index < -0.39 is 0 Å². The third-order valence-corrected chi connectivity index (χ3v) is 7.32. The zero-order chi connectivity index (χ0) is 25.2. The van der Waals surface area contributed by atoms with E-state index in [9.17, 15) is 9.59 Å². The minimum atomic E-state index is -0.102. The Morgan fingerprint density at radius 2 is 1.72 bits per heavy atom. The second-order valence-corrected chi connectivity index (χ2v) is 9.82. The van der Waals surface area contributed by atoms with Gasteiger partial charge in [-0.25, -0.2) is 4.98 Å². The molecule has 36 heavy (non-hydrogen) atoms. The average molecular weight is 531 g/mol. The number of pyridine rings is 1. The first-order valence-electron chi connectivity index (χ1n) is 12.0. The van der Waals surface area contributed by atoms with Crippen LogP contribution in [0.2, 0.25) is 10.0 Å². The summed E-state index contributed by atoms with van der Waals surface area (Å²) in [6.45, 7) is 5.48. The van der Waals surface area contributed by atoms with E-state index in [1.807, 2.05) is 28.1 Å². The van der Waals surface area contributed by atoms with Crippen LogP contribution in [0.15, 0.2) is 36.7 Å². The topological polar surface area (TPSA) is 96.4 Å². The highest BCUT2D eigenvalue weighted by Crippen LogP contribution is 2.33. The van der Waals surface area contributed by atoms with Gasteiger partial charge in [-0.2, -0.15) is 0 Å². The summed E-state index contributed by atoms with van der Waals surface area (Å²) in [6.07, 6.45) is 3.46. The van der Waals surface area contributed by atoms with E-state index in [4.69, 9.17) is 33.7 Å². The molecule has 0 unspecified atom stereocenters. The predicted molar refractivity (Wildman–Crippen MR) is 138 cm³/mol. The van der Waals surface area contributed by atoms with Gasteiger partial charge in [0.15, 0.2) is 0 Å². The fourth-order valence-corrected chi connectivity index (χ4v) is 5.23. The number of benzene rings is 1. The van der Waals surface area contributed by atoms with Crippen LogP contribution in [-0.4, -0.2) is 94.9 Å². The van der Waals surface area contributed by atoms with Crippen LogP contribution >= 0.6 is 23.2 Å². The minimum absolute atomic E-state index is 0.102. The van der Waals surface area contributed by atoms with E-state index >= 15 is 0 Å². The number of aromatic nitrogens is 2. The van der Waals surface area contributed by atoms with Gasteiger partial charge >= 0.3 is 0 Å². The van der Waals surface area contributed by atoms with Gasteiger partial charge in [0.2, 0.25) is 5.91 Å². The van der Waals surface area contributed by atoms with Crippen molar-refractivity contribution in [3.05, 3.63) is 58.0 Å². The van der Waals surface area contributed by atoms with Crippen molar-refractivity contribution < 1.29 is 14.3 Å². The van der Waals surface area contributed by atoms with E-state index in [1.165, 1.54) is 0 Å². The summed E-state index contributed by atoms with van der Waals surface area (Å²) in [6, 6.07) is 7.19. The molecule has 190 valence electrons. The van der Waals surface area contributed by atoms with Crippen molar-refractivity contribution in [3.8, 4) is 11.1 Å². The first-order valence-corrected chi connectivity index (χ1v) is 12.7. The summed E-state index contributed by atoms with van der Waals surface area (Å²) in [5.74, 6) is 0.0132. The highest BCUT2D eigenvalue weighted by atomic mass is 35.5. The van der Waals surface area contributed by atoms with Gasteiger partial charge in [0, 0.05) is 73.2 Å². The first-order chi connectivity index (χ1) is 17.4. The van der Waals surface area contributed by atoms with Crippen LogP contribution in [0, 0.1) is 0 Å². The summed E-state index contributed by atoms with van der Waals surface area (Å²) in [5.41, 5.74) is 9.61. The van der Waals surface area contributed by atoms with E-state index in [0.717, 1.165) is 16.7 Å². The number of morpholine rings is 1. The number of hydrogen-bond acceptors (Lipinski definition) is 6. The lowest BCUT2D eigenvalue weighted by atomic mass is 10.0. The molecule has 1 aromatic carbocycles. The molecule has 2 aromatic heterocycles. The van der Waals surface area contributed by atoms with Gasteiger partial charge < -0.3 is 20.3 Å². The van der Waals surface area contributed by atoms with E-state index in [1.54, 1.807) is 22.7 Å². The molecule has 4 heterocycles. The lowest BCUT2D eigenvalue weighted by molar-refractivity contribution is -0.136. The molecule has 2 aliphatic rings. The molecular weight excluding hydrogens is 503 g/mol. The Labute approximate surface area is 219 Å². The molecule has 0 aliphatic carbocycles. The Bertz CT molecular complexity index is 1280. The maximum atomic E-state index is 13.5. The molecule has 9 nitrogen and oxygen atoms in total. The number of carbonyl (C=O) groups is 2. The number of nitrogens with zero attached hydrogens (tertiary/aromatic N) is 5. The van der Waals surface area contributed by atoms with Crippen molar-refractivity contribution in [2.75, 3.05) is 59.0 Å². The van der Waals surface area contributed by atoms with Gasteiger partial charge in [-0.1, -0.05) is 29.3 Å². The van der Waals surface area contributed by atoms with Gasteiger partial charge in [0.05, 0.1) is 26.0 Å². The van der Waals surface area contributed by atoms with Crippen LogP contribution in [0.4, 0.5) is 0 Å². The largest absolute Gasteiger partial charge is 0.378 e. The Hall–Kier alpha value is -2.69. The van der Waals surface area contributed by atoms with Crippen molar-refractivity contribution in [2.45, 2.75) is 6.54 Å². The Morgan fingerprint density at radius 3 is 2.42 bits per heavy atom. The zero-order valence-corrected chi connectivity index (χ0v) is 21.3. The lowest BCUT2D eigenvalue weighted by Crippen LogP contribution is -2.52. The normalized spacial score (nSPS) is 17.1. The quantitative estimate of drug-likeness (QED) is 0.544. The minimum Gasteiger partial charge on any atom is -0.378 e. The second-order valence-electron chi connectivity index (χ2n) is 8.97. The van der Waals surface area contributed by atoms with Gasteiger partial charge in [0.25, 0.3) is 5.91 Å². The Balaban J connectivity index is 1.32. The first kappa shape index (κ1) is 25.0. The summed E-state index contributed by atoms with van der Waals surface area (Å²) in [4.78, 5) is 36.2. The number of carbonyl (C=O) groups excluding carboxylic acids is 2. The molecule has 2 fully saturated rings. The number of rotatable bonds is 5. The van der Waals surface area contributed by atoms with E-state index in [-0.39, 0.29) is 11.8 Å². The van der Waals surface area contributed by atoms with Crippen molar-refractivity contribution in [1.29, 1.82) is 0 Å². The number of fused-ring (bicyclic) bond motifs is 1. The average Bonchev–Trinajstić information content (AvgIpc) is 3.31. The van der Waals surface area contributed by atoms with E-state index in [2.05, 4.69) is 9.88 Å². The number of halogens is 2. The molecule has 2 aliphatic heterocycles. The summed E-state index contributed by atoms with van der Waals surface area (Å²) in [5, 5.41) is 1.05. The lowest BCUT2D eigenvalue weighted by Gasteiger charge is -2.36. The number of piperazine rings is 1. The summed E-state index contributed by atoms with van der Waals surface area (Å²) in [7, 11) is 0. The number of imidazole rings is 1. The van der Waals surface area contributed by atoms with Crippen molar-refractivity contribution >= 4 is 40.7 Å². The molecule has 3 aromatic rings. The molecular formula is C25H28Cl2N6O3. The SMILES string of the molecule is NCc1cc2ncc(C(=O)N3CCN(CC(=O)N4CCOCC4)CC3)n2cc1-c1ccc(Cl)cc1Cl. The smallest absolute Gasteiger partial charge is 0.272 e. The predicted octanol–water partition coefficient (Wildman–Crippen LogP) is 2.38. The molecule has 11 heteroatoms. The monoisotopic (exact) mass is 530 g/mol. The Kier molecular flexibility index (Phi) is 7.45. The third kappa shape index (κ3) is 5.07. The van der Waals surface area contributed by atoms with Gasteiger partial charge in [-0.05, 0) is 23.8 Å². The molecule has 0 spiro atoms. The van der Waals surface area contributed by atoms with Crippen LogP contribution in [-0.2, 0) is 16.1 Å². The van der Waals surface area contributed by atoms with Gasteiger partial charge in [-0.15, -0.1) is 0 Å². The molecule has 2 amide bonds. The second kappa shape index (κ2) is 10.7. The molecule has 2 saturated heterocycles. The van der Waals surface area contributed by atoms with Crippen molar-refractivity contribution in [2.24, 2.45) is 5.73 Å². The number of nitrogens with two attached hydrogens (primary N) is 1. The number of ether oxygens (including phenoxy) is 1. The molecule has 0 saturated carbocycles. The van der Waals surface area contributed by atoms with Crippen molar-refractivity contribution in [3.63, 3.8) is 0 Å². The molecule has 2 N–H and O–H groups in total. The van der Waals surface area contributed by atoms with Crippen LogP contribution in [0.25, 0.3) is 16.8 Å². The van der Waals surface area contributed by atoms with Crippen LogP contribution in [0.3, 0.4) is 0 Å². The maximum absolute atomic E-state index is 13.5. The van der Waals surface area contributed by atoms with Gasteiger partial charge in [0.1, 0.15) is 11.3 Å². The molecule has 0 atom stereocenters. The van der Waals surface area contributed by atoms with Crippen LogP contribution in [0.1, 0.15) is 16.1 Å². The fraction of sp³-hybridized carbons (Fsp3) is 0.400. The van der Waals surface area contributed by atoms with Crippen LogP contribution < -0.4 is 5.73 Å². The number of amides is 2. The molecule has 0 radical (unpaired) electrons. The van der Waals surface area contributed by atoms with Gasteiger partial charge in [-0.3, -0.25) is 18.9 Å². The third-order valence-electron chi connectivity index (χ3n) is 6.78. The molecule has 5 rings (SSSR count). The zero-order valence-electron chi connectivity index (χ0n) is 19.8. The Morgan fingerprint density at radius 1 is 0.972 bits per heavy atom. The maximum Gasteiger partial charge on any atom is 0.272 e. The summed E-state index contributed by atoms with van der Waals surface area (Å²) >= 11 is 12.6. The molecule has 0 bridgehead atoms.